The summed E-state index contributed by atoms with van der Waals surface area (Å²) in [7, 11) is 0. The summed E-state index contributed by atoms with van der Waals surface area (Å²) in [5.41, 5.74) is 0.649. The van der Waals surface area contributed by atoms with Gasteiger partial charge in [0.1, 0.15) is 6.21 Å². The summed E-state index contributed by atoms with van der Waals surface area (Å²) in [6, 6.07) is 13.4. The zero-order valence-corrected chi connectivity index (χ0v) is 7.92. The molecule has 0 saturated carbocycles. The Morgan fingerprint density at radius 2 is 1.87 bits per heavy atom. The number of hydrogen-bond acceptors (Lipinski definition) is 2. The van der Waals surface area contributed by atoms with Crippen molar-refractivity contribution >= 4 is 28.6 Å². The van der Waals surface area contributed by atoms with Crippen LogP contribution in [0.4, 0.5) is 5.69 Å². The van der Waals surface area contributed by atoms with E-state index in [-0.39, 0.29) is 0 Å². The molecule has 0 amide bonds. The third-order valence-electron chi connectivity index (χ3n) is 2.06. The van der Waals surface area contributed by atoms with Crippen molar-refractivity contribution in [3.8, 4) is 0 Å². The van der Waals surface area contributed by atoms with Crippen molar-refractivity contribution in [3.05, 3.63) is 42.5 Å². The van der Waals surface area contributed by atoms with Gasteiger partial charge in [-0.2, -0.15) is 0 Å². The van der Waals surface area contributed by atoms with Crippen LogP contribution in [0.5, 0.6) is 0 Å². The summed E-state index contributed by atoms with van der Waals surface area (Å²) >= 11 is 0. The van der Waals surface area contributed by atoms with Crippen LogP contribution in [0, 0.1) is 0 Å². The van der Waals surface area contributed by atoms with Gasteiger partial charge in [0, 0.05) is 0 Å². The predicted octanol–water partition coefficient (Wildman–Crippen LogP) is 2.63. The average molecular weight is 199 g/mol. The minimum atomic E-state index is -1.04. The molecule has 3 heteroatoms. The lowest BCUT2D eigenvalue weighted by atomic mass is 10.1. The Labute approximate surface area is 86.7 Å². The van der Waals surface area contributed by atoms with E-state index in [9.17, 15) is 4.79 Å². The first-order chi connectivity index (χ1) is 7.25. The van der Waals surface area contributed by atoms with Crippen LogP contribution in [-0.4, -0.2) is 17.3 Å². The largest absolute Gasteiger partial charge is 0.477 e. The van der Waals surface area contributed by atoms with Crippen molar-refractivity contribution < 1.29 is 9.90 Å². The normalized spacial score (nSPS) is 10.9. The molecule has 0 bridgehead atoms. The average Bonchev–Trinajstić information content (AvgIpc) is 2.26. The maximum atomic E-state index is 10.3. The van der Waals surface area contributed by atoms with Gasteiger partial charge in [-0.1, -0.05) is 30.3 Å². The number of carbonyl (C=O) groups is 1. The quantitative estimate of drug-likeness (QED) is 0.756. The van der Waals surface area contributed by atoms with E-state index >= 15 is 0 Å². The van der Waals surface area contributed by atoms with Crippen LogP contribution in [0.15, 0.2) is 47.5 Å². The Balaban J connectivity index is 2.43. The van der Waals surface area contributed by atoms with Gasteiger partial charge < -0.3 is 5.11 Å². The molecule has 3 nitrogen and oxygen atoms in total. The van der Waals surface area contributed by atoms with E-state index in [1.165, 1.54) is 0 Å². The highest BCUT2D eigenvalue weighted by atomic mass is 16.4. The van der Waals surface area contributed by atoms with Gasteiger partial charge in [-0.05, 0) is 22.9 Å². The van der Waals surface area contributed by atoms with E-state index in [2.05, 4.69) is 4.99 Å². The number of rotatable bonds is 2. The second-order valence-corrected chi connectivity index (χ2v) is 3.13. The molecule has 0 aliphatic rings. The zero-order valence-electron chi connectivity index (χ0n) is 7.92. The monoisotopic (exact) mass is 199 g/mol. The maximum absolute atomic E-state index is 10.3. The van der Waals surface area contributed by atoms with Gasteiger partial charge >= 0.3 is 5.97 Å². The molecule has 0 radical (unpaired) electrons. The van der Waals surface area contributed by atoms with Crippen LogP contribution in [0.1, 0.15) is 0 Å². The van der Waals surface area contributed by atoms with Crippen LogP contribution in [0.3, 0.4) is 0 Å². The predicted molar refractivity (Wildman–Crippen MR) is 59.7 cm³/mol. The van der Waals surface area contributed by atoms with Crippen molar-refractivity contribution in [2.45, 2.75) is 0 Å². The summed E-state index contributed by atoms with van der Waals surface area (Å²) in [5.74, 6) is -1.04. The third kappa shape index (κ3) is 2.20. The van der Waals surface area contributed by atoms with Crippen molar-refractivity contribution in [2.24, 2.45) is 4.99 Å². The number of aliphatic carboxylic acids is 1. The minimum Gasteiger partial charge on any atom is -0.477 e. The summed E-state index contributed by atoms with van der Waals surface area (Å²) in [6.45, 7) is 0. The summed E-state index contributed by atoms with van der Waals surface area (Å²) in [6.07, 6.45) is 0.893. The fourth-order valence-corrected chi connectivity index (χ4v) is 1.39. The fraction of sp³-hybridized carbons (Fsp3) is 0. The van der Waals surface area contributed by atoms with Gasteiger partial charge in [-0.3, -0.25) is 0 Å². The molecule has 15 heavy (non-hydrogen) atoms. The molecule has 0 fully saturated rings. The van der Waals surface area contributed by atoms with Gasteiger partial charge in [0.05, 0.1) is 5.69 Å². The lowest BCUT2D eigenvalue weighted by Crippen LogP contribution is -1.93. The molecule has 74 valence electrons. The van der Waals surface area contributed by atoms with Crippen LogP contribution < -0.4 is 0 Å². The first-order valence-corrected chi connectivity index (χ1v) is 4.51. The molecule has 0 aliphatic carbocycles. The summed E-state index contributed by atoms with van der Waals surface area (Å²) < 4.78 is 0. The van der Waals surface area contributed by atoms with E-state index in [1.807, 2.05) is 36.4 Å². The lowest BCUT2D eigenvalue weighted by molar-refractivity contribution is -0.128. The van der Waals surface area contributed by atoms with Gasteiger partial charge in [0.15, 0.2) is 0 Å². The molecular weight excluding hydrogens is 190 g/mol. The second-order valence-electron chi connectivity index (χ2n) is 3.13. The van der Waals surface area contributed by atoms with Crippen LogP contribution in [0.25, 0.3) is 10.8 Å². The van der Waals surface area contributed by atoms with Crippen molar-refractivity contribution in [2.75, 3.05) is 0 Å². The lowest BCUT2D eigenvalue weighted by Gasteiger charge is -1.97. The molecule has 0 spiro atoms. The zero-order chi connectivity index (χ0) is 10.7. The number of carboxylic acid groups (broad SMARTS) is 1. The second kappa shape index (κ2) is 3.92. The number of carboxylic acids is 1. The number of fused-ring (bicyclic) bond motifs is 1. The van der Waals surface area contributed by atoms with E-state index in [4.69, 9.17) is 5.11 Å². The number of nitrogens with zero attached hydrogens (tertiary/aromatic N) is 1. The molecule has 1 N–H and O–H groups in total. The van der Waals surface area contributed by atoms with Gasteiger partial charge in [-0.25, -0.2) is 9.79 Å². The third-order valence-corrected chi connectivity index (χ3v) is 2.06. The molecule has 0 aliphatic heterocycles. The first kappa shape index (κ1) is 9.40. The Morgan fingerprint density at radius 3 is 2.60 bits per heavy atom. The maximum Gasteiger partial charge on any atom is 0.346 e. The minimum absolute atomic E-state index is 0.649. The Hall–Kier alpha value is -2.16. The van der Waals surface area contributed by atoms with Gasteiger partial charge in [0.2, 0.25) is 0 Å². The van der Waals surface area contributed by atoms with Gasteiger partial charge in [0.25, 0.3) is 0 Å². The standard InChI is InChI=1S/C12H9NO2/c14-12(15)8-13-11-6-5-9-3-1-2-4-10(9)7-11/h1-8H,(H,14,15). The highest BCUT2D eigenvalue weighted by Gasteiger charge is 1.94. The van der Waals surface area contributed by atoms with E-state index in [0.717, 1.165) is 17.0 Å². The molecule has 0 saturated heterocycles. The van der Waals surface area contributed by atoms with Crippen molar-refractivity contribution in [1.29, 1.82) is 0 Å². The molecule has 0 heterocycles. The van der Waals surface area contributed by atoms with Crippen molar-refractivity contribution in [1.82, 2.24) is 0 Å². The summed E-state index contributed by atoms with van der Waals surface area (Å²) in [4.78, 5) is 14.1. The Bertz CT molecular complexity index is 532. The SMILES string of the molecule is O=C(O)C=Nc1ccc2ccccc2c1. The molecule has 0 atom stereocenters. The molecule has 0 unspecified atom stereocenters. The van der Waals surface area contributed by atoms with E-state index in [0.29, 0.717) is 5.69 Å². The van der Waals surface area contributed by atoms with E-state index < -0.39 is 5.97 Å². The fourth-order valence-electron chi connectivity index (χ4n) is 1.39. The number of hydrogen-bond donors (Lipinski definition) is 1. The van der Waals surface area contributed by atoms with Crippen LogP contribution in [0.2, 0.25) is 0 Å². The molecule has 0 aromatic heterocycles. The van der Waals surface area contributed by atoms with Gasteiger partial charge in [-0.15, -0.1) is 0 Å². The highest BCUT2D eigenvalue weighted by molar-refractivity contribution is 6.22. The Kier molecular flexibility index (Phi) is 2.46. The summed E-state index contributed by atoms with van der Waals surface area (Å²) in [5, 5.41) is 10.6. The molecular formula is C12H9NO2. The smallest absolute Gasteiger partial charge is 0.346 e. The van der Waals surface area contributed by atoms with E-state index in [1.54, 1.807) is 6.07 Å². The van der Waals surface area contributed by atoms with Crippen LogP contribution in [-0.2, 0) is 4.79 Å². The number of benzene rings is 2. The molecule has 2 aromatic carbocycles. The molecule has 2 rings (SSSR count). The van der Waals surface area contributed by atoms with Crippen molar-refractivity contribution in [3.63, 3.8) is 0 Å². The number of aliphatic imine (C=N–C) groups is 1. The first-order valence-electron chi connectivity index (χ1n) is 4.51. The topological polar surface area (TPSA) is 49.7 Å². The molecule has 2 aromatic rings. The highest BCUT2D eigenvalue weighted by Crippen LogP contribution is 2.20. The van der Waals surface area contributed by atoms with Crippen LogP contribution >= 0.6 is 0 Å². The Morgan fingerprint density at radius 1 is 1.13 bits per heavy atom.